The van der Waals surface area contributed by atoms with Gasteiger partial charge in [-0.25, -0.2) is 4.98 Å². The monoisotopic (exact) mass is 468 g/mol. The number of primary amides is 1. The molecule has 0 unspecified atom stereocenters. The summed E-state index contributed by atoms with van der Waals surface area (Å²) in [5.74, 6) is 0.477. The van der Waals surface area contributed by atoms with Crippen LogP contribution in [0.2, 0.25) is 0 Å². The first kappa shape index (κ1) is 23.9. The van der Waals surface area contributed by atoms with Gasteiger partial charge >= 0.3 is 6.01 Å². The van der Waals surface area contributed by atoms with E-state index in [0.717, 1.165) is 36.9 Å². The summed E-state index contributed by atoms with van der Waals surface area (Å²) < 4.78 is 5.79. The van der Waals surface area contributed by atoms with E-state index in [1.54, 1.807) is 13.0 Å². The first-order valence-corrected chi connectivity index (χ1v) is 11.8. The van der Waals surface area contributed by atoms with Crippen LogP contribution in [-0.4, -0.2) is 64.2 Å². The number of amides is 2. The van der Waals surface area contributed by atoms with E-state index < -0.39 is 5.91 Å². The molecule has 3 heterocycles. The molecule has 182 valence electrons. The zero-order valence-corrected chi connectivity index (χ0v) is 19.7. The van der Waals surface area contributed by atoms with Crippen molar-refractivity contribution >= 4 is 17.6 Å². The zero-order chi connectivity index (χ0) is 24.2. The summed E-state index contributed by atoms with van der Waals surface area (Å²) in [6.45, 7) is 5.34. The van der Waals surface area contributed by atoms with Gasteiger partial charge in [0.15, 0.2) is 0 Å². The standard InChI is InChI=1S/C24H32N6O4/c1-14-3-6-18(27-21(14)22(25)32)17-7-9-30(10-8-17)20-11-19(23(33)26-15(2)12-31)28-24(29-20)34-13-16-4-5-16/h3,6,11,15-17,31H,4-5,7-10,12-13H2,1-2H3,(H2,25,32)(H,26,33)/t15-/m1/s1. The highest BCUT2D eigenvalue weighted by Gasteiger charge is 2.26. The molecule has 1 saturated carbocycles. The molecule has 2 aromatic heterocycles. The summed E-state index contributed by atoms with van der Waals surface area (Å²) in [6, 6.07) is 5.32. The molecular weight excluding hydrogens is 436 g/mol. The van der Waals surface area contributed by atoms with Crippen molar-refractivity contribution < 1.29 is 19.4 Å². The van der Waals surface area contributed by atoms with Gasteiger partial charge in [-0.15, -0.1) is 0 Å². The van der Waals surface area contributed by atoms with Gasteiger partial charge in [0.1, 0.15) is 17.2 Å². The maximum Gasteiger partial charge on any atom is 0.319 e. The number of carbonyl (C=O) groups is 2. The number of carbonyl (C=O) groups excluding carboxylic acids is 2. The van der Waals surface area contributed by atoms with Crippen molar-refractivity contribution in [2.75, 3.05) is 31.2 Å². The van der Waals surface area contributed by atoms with Crippen LogP contribution in [0.25, 0.3) is 0 Å². The second-order valence-electron chi connectivity index (χ2n) is 9.23. The SMILES string of the molecule is Cc1ccc(C2CCN(c3cc(C(=O)N[C@H](C)CO)nc(OCC4CC4)n3)CC2)nc1C(N)=O. The van der Waals surface area contributed by atoms with E-state index in [0.29, 0.717) is 37.1 Å². The van der Waals surface area contributed by atoms with E-state index in [9.17, 15) is 14.7 Å². The minimum atomic E-state index is -0.516. The van der Waals surface area contributed by atoms with E-state index in [1.165, 1.54) is 0 Å². The molecule has 2 aromatic rings. The maximum atomic E-state index is 12.7. The number of pyridine rings is 1. The van der Waals surface area contributed by atoms with Crippen molar-refractivity contribution in [3.63, 3.8) is 0 Å². The lowest BCUT2D eigenvalue weighted by molar-refractivity contribution is 0.0914. The van der Waals surface area contributed by atoms with E-state index >= 15 is 0 Å². The first-order valence-electron chi connectivity index (χ1n) is 11.8. The lowest BCUT2D eigenvalue weighted by atomic mass is 9.92. The molecule has 34 heavy (non-hydrogen) atoms. The van der Waals surface area contributed by atoms with Crippen molar-refractivity contribution in [2.45, 2.75) is 51.5 Å². The number of anilines is 1. The van der Waals surface area contributed by atoms with E-state index in [1.807, 2.05) is 19.1 Å². The average molecular weight is 469 g/mol. The van der Waals surface area contributed by atoms with Crippen molar-refractivity contribution in [2.24, 2.45) is 11.7 Å². The molecule has 1 saturated heterocycles. The fourth-order valence-corrected chi connectivity index (χ4v) is 4.00. The largest absolute Gasteiger partial charge is 0.463 e. The Kier molecular flexibility index (Phi) is 7.26. The van der Waals surface area contributed by atoms with E-state index in [4.69, 9.17) is 10.5 Å². The Labute approximate surface area is 198 Å². The summed E-state index contributed by atoms with van der Waals surface area (Å²) in [5, 5.41) is 12.0. The molecule has 10 heteroatoms. The average Bonchev–Trinajstić information content (AvgIpc) is 3.67. The number of rotatable bonds is 9. The van der Waals surface area contributed by atoms with Gasteiger partial charge in [-0.2, -0.15) is 9.97 Å². The number of hydrogen-bond donors (Lipinski definition) is 3. The molecule has 10 nitrogen and oxygen atoms in total. The van der Waals surface area contributed by atoms with Gasteiger partial charge in [0, 0.05) is 36.8 Å². The lowest BCUT2D eigenvalue weighted by Crippen LogP contribution is -2.37. The third-order valence-corrected chi connectivity index (χ3v) is 6.31. The van der Waals surface area contributed by atoms with Gasteiger partial charge in [0.2, 0.25) is 0 Å². The number of hydrogen-bond acceptors (Lipinski definition) is 8. The fourth-order valence-electron chi connectivity index (χ4n) is 4.00. The Balaban J connectivity index is 1.49. The number of piperidine rings is 1. The molecule has 2 amide bonds. The predicted molar refractivity (Wildman–Crippen MR) is 126 cm³/mol. The molecule has 4 N–H and O–H groups in total. The van der Waals surface area contributed by atoms with Crippen molar-refractivity contribution in [3.8, 4) is 6.01 Å². The van der Waals surface area contributed by atoms with Crippen LogP contribution in [0.5, 0.6) is 6.01 Å². The van der Waals surface area contributed by atoms with Crippen LogP contribution in [0.15, 0.2) is 18.2 Å². The maximum absolute atomic E-state index is 12.7. The Hall–Kier alpha value is -3.27. The highest BCUT2D eigenvalue weighted by atomic mass is 16.5. The number of ether oxygens (including phenoxy) is 1. The molecule has 0 aromatic carbocycles. The second kappa shape index (κ2) is 10.3. The number of nitrogens with one attached hydrogen (secondary N) is 1. The first-order chi connectivity index (χ1) is 16.3. The van der Waals surface area contributed by atoms with Crippen LogP contribution in [0, 0.1) is 12.8 Å². The smallest absolute Gasteiger partial charge is 0.319 e. The Morgan fingerprint density at radius 3 is 2.59 bits per heavy atom. The molecule has 0 bridgehead atoms. The van der Waals surface area contributed by atoms with Crippen molar-refractivity contribution in [3.05, 3.63) is 40.8 Å². The van der Waals surface area contributed by atoms with Gasteiger partial charge in [0.25, 0.3) is 11.8 Å². The van der Waals surface area contributed by atoms with E-state index in [2.05, 4.69) is 25.2 Å². The lowest BCUT2D eigenvalue weighted by Gasteiger charge is -2.33. The minimum absolute atomic E-state index is 0.160. The molecule has 2 fully saturated rings. The highest BCUT2D eigenvalue weighted by molar-refractivity contribution is 5.93. The molecule has 0 radical (unpaired) electrons. The quantitative estimate of drug-likeness (QED) is 0.503. The normalized spacial score (nSPS) is 17.3. The predicted octanol–water partition coefficient (Wildman–Crippen LogP) is 1.56. The highest BCUT2D eigenvalue weighted by Crippen LogP contribution is 2.31. The molecular formula is C24H32N6O4. The van der Waals surface area contributed by atoms with Gasteiger partial charge in [-0.3, -0.25) is 9.59 Å². The summed E-state index contributed by atoms with van der Waals surface area (Å²) in [6.07, 6.45) is 3.91. The summed E-state index contributed by atoms with van der Waals surface area (Å²) in [7, 11) is 0. The van der Waals surface area contributed by atoms with Gasteiger partial charge in [0.05, 0.1) is 13.2 Å². The number of aliphatic hydroxyl groups excluding tert-OH is 1. The van der Waals surface area contributed by atoms with Gasteiger partial charge in [-0.05, 0) is 57.1 Å². The Bertz CT molecular complexity index is 1050. The summed E-state index contributed by atoms with van der Waals surface area (Å²) in [5.41, 5.74) is 7.64. The van der Waals surface area contributed by atoms with Crippen LogP contribution < -0.4 is 20.7 Å². The number of nitrogens with zero attached hydrogens (tertiary/aromatic N) is 4. The molecule has 1 atom stereocenters. The van der Waals surface area contributed by atoms with Crippen LogP contribution in [0.4, 0.5) is 5.82 Å². The molecule has 2 aliphatic rings. The Morgan fingerprint density at radius 1 is 1.21 bits per heavy atom. The van der Waals surface area contributed by atoms with Crippen LogP contribution >= 0.6 is 0 Å². The Morgan fingerprint density at radius 2 is 1.94 bits per heavy atom. The van der Waals surface area contributed by atoms with Crippen LogP contribution in [0.3, 0.4) is 0 Å². The number of aliphatic hydroxyl groups is 1. The molecule has 4 rings (SSSR count). The number of nitrogens with two attached hydrogens (primary N) is 1. The fraction of sp³-hybridized carbons (Fsp3) is 0.542. The topological polar surface area (TPSA) is 144 Å². The van der Waals surface area contributed by atoms with Gasteiger partial charge in [-0.1, -0.05) is 6.07 Å². The number of aromatic nitrogens is 3. The van der Waals surface area contributed by atoms with Crippen molar-refractivity contribution in [1.82, 2.24) is 20.3 Å². The molecule has 1 aliphatic heterocycles. The zero-order valence-electron chi connectivity index (χ0n) is 19.7. The third kappa shape index (κ3) is 5.80. The van der Waals surface area contributed by atoms with Crippen LogP contribution in [0.1, 0.15) is 70.8 Å². The van der Waals surface area contributed by atoms with E-state index in [-0.39, 0.29) is 36.2 Å². The van der Waals surface area contributed by atoms with Crippen LogP contribution in [-0.2, 0) is 0 Å². The van der Waals surface area contributed by atoms with Gasteiger partial charge < -0.3 is 25.8 Å². The molecule has 0 spiro atoms. The molecule has 1 aliphatic carbocycles. The summed E-state index contributed by atoms with van der Waals surface area (Å²) in [4.78, 5) is 39.8. The second-order valence-corrected chi connectivity index (χ2v) is 9.23. The minimum Gasteiger partial charge on any atom is -0.463 e. The third-order valence-electron chi connectivity index (χ3n) is 6.31. The van der Waals surface area contributed by atoms with Crippen molar-refractivity contribution in [1.29, 1.82) is 0 Å². The summed E-state index contributed by atoms with van der Waals surface area (Å²) >= 11 is 0. The number of aryl methyl sites for hydroxylation is 1.